The zero-order valence-corrected chi connectivity index (χ0v) is 7.85. The molecule has 0 heterocycles. The number of nitrogens with zero attached hydrogens (tertiary/aromatic N) is 1. The molecule has 0 bridgehead atoms. The number of hydrogen-bond donors (Lipinski definition) is 1. The molecule has 3 heteroatoms. The first-order valence-corrected chi connectivity index (χ1v) is 4.79. The molecule has 0 fully saturated rings. The summed E-state index contributed by atoms with van der Waals surface area (Å²) in [4.78, 5) is 0. The van der Waals surface area contributed by atoms with Crippen LogP contribution < -0.4 is 0 Å². The zero-order chi connectivity index (χ0) is 8.81. The van der Waals surface area contributed by atoms with Crippen LogP contribution in [0.1, 0.15) is 38.5 Å². The molecular formula is C9H14ClNO. The Hall–Kier alpha value is -0.500. The molecule has 0 aromatic rings. The maximum atomic E-state index is 8.63. The molecule has 1 rings (SSSR count). The maximum absolute atomic E-state index is 8.63. The molecule has 0 saturated carbocycles. The second kappa shape index (κ2) is 5.20. The Morgan fingerprint density at radius 1 is 1.25 bits per heavy atom. The summed E-state index contributed by atoms with van der Waals surface area (Å²) in [7, 11) is 0. The van der Waals surface area contributed by atoms with Crippen LogP contribution in [0.2, 0.25) is 0 Å². The average Bonchev–Trinajstić information content (AvgIpc) is 2.17. The van der Waals surface area contributed by atoms with Gasteiger partial charge in [-0.25, -0.2) is 0 Å². The molecule has 0 amide bonds. The van der Waals surface area contributed by atoms with E-state index in [0.29, 0.717) is 10.7 Å². The van der Waals surface area contributed by atoms with Crippen LogP contribution in [-0.4, -0.2) is 10.9 Å². The summed E-state index contributed by atoms with van der Waals surface area (Å²) in [6.07, 6.45) is 8.46. The molecule has 68 valence electrons. The van der Waals surface area contributed by atoms with Crippen molar-refractivity contribution in [1.82, 2.24) is 0 Å². The Kier molecular flexibility index (Phi) is 4.15. The van der Waals surface area contributed by atoms with Crippen molar-refractivity contribution >= 4 is 17.3 Å². The molecule has 0 atom stereocenters. The highest BCUT2D eigenvalue weighted by molar-refractivity contribution is 6.43. The first-order chi connectivity index (χ1) is 5.84. The summed E-state index contributed by atoms with van der Waals surface area (Å²) < 4.78 is 0. The third-order valence-corrected chi connectivity index (χ3v) is 2.46. The summed E-state index contributed by atoms with van der Waals surface area (Å²) in [5.74, 6) is 0. The molecule has 1 aliphatic rings. The van der Waals surface area contributed by atoms with Gasteiger partial charge in [-0.1, -0.05) is 35.7 Å². The molecule has 0 aliphatic heterocycles. The van der Waals surface area contributed by atoms with Gasteiger partial charge in [-0.3, -0.25) is 0 Å². The van der Waals surface area contributed by atoms with E-state index in [4.69, 9.17) is 16.8 Å². The lowest BCUT2D eigenvalue weighted by Crippen LogP contribution is -1.97. The quantitative estimate of drug-likeness (QED) is 0.458. The third-order valence-electron chi connectivity index (χ3n) is 2.09. The lowest BCUT2D eigenvalue weighted by molar-refractivity contribution is 0.318. The van der Waals surface area contributed by atoms with Crippen LogP contribution in [0.3, 0.4) is 0 Å². The second-order valence-electron chi connectivity index (χ2n) is 3.05. The van der Waals surface area contributed by atoms with E-state index in [2.05, 4.69) is 5.16 Å². The van der Waals surface area contributed by atoms with Gasteiger partial charge in [-0.15, -0.1) is 0 Å². The van der Waals surface area contributed by atoms with Gasteiger partial charge in [0.15, 0.2) is 0 Å². The Labute approximate surface area is 77.9 Å². The van der Waals surface area contributed by atoms with Gasteiger partial charge in [-0.05, 0) is 25.7 Å². The van der Waals surface area contributed by atoms with Crippen LogP contribution in [0.25, 0.3) is 0 Å². The number of rotatable bonds is 0. The largest absolute Gasteiger partial charge is 0.411 e. The molecule has 0 unspecified atom stereocenters. The van der Waals surface area contributed by atoms with Crippen molar-refractivity contribution in [3.63, 3.8) is 0 Å². The Morgan fingerprint density at radius 3 is 2.75 bits per heavy atom. The summed E-state index contributed by atoms with van der Waals surface area (Å²) in [5, 5.41) is 12.4. The Morgan fingerprint density at radius 2 is 2.00 bits per heavy atom. The van der Waals surface area contributed by atoms with E-state index in [0.717, 1.165) is 19.3 Å². The van der Waals surface area contributed by atoms with Gasteiger partial charge in [-0.2, -0.15) is 0 Å². The highest BCUT2D eigenvalue weighted by Gasteiger charge is 2.06. The van der Waals surface area contributed by atoms with Crippen LogP contribution in [0, 0.1) is 0 Å². The number of allylic oxidation sites excluding steroid dienone is 2. The minimum atomic E-state index is 0.624. The van der Waals surface area contributed by atoms with Gasteiger partial charge in [0.1, 0.15) is 0 Å². The van der Waals surface area contributed by atoms with Gasteiger partial charge >= 0.3 is 0 Å². The van der Waals surface area contributed by atoms with Crippen molar-refractivity contribution in [1.29, 1.82) is 0 Å². The molecule has 1 aliphatic carbocycles. The zero-order valence-electron chi connectivity index (χ0n) is 7.09. The van der Waals surface area contributed by atoms with Gasteiger partial charge in [0, 0.05) is 0 Å². The smallest absolute Gasteiger partial charge is 0.0978 e. The van der Waals surface area contributed by atoms with E-state index < -0.39 is 0 Å². The van der Waals surface area contributed by atoms with E-state index in [9.17, 15) is 0 Å². The summed E-state index contributed by atoms with van der Waals surface area (Å²) in [6, 6.07) is 0. The van der Waals surface area contributed by atoms with Gasteiger partial charge in [0.05, 0.1) is 10.7 Å². The van der Waals surface area contributed by atoms with Crippen molar-refractivity contribution < 1.29 is 5.21 Å². The van der Waals surface area contributed by atoms with Crippen LogP contribution >= 0.6 is 11.6 Å². The van der Waals surface area contributed by atoms with Gasteiger partial charge in [0.2, 0.25) is 0 Å². The fraction of sp³-hybridized carbons (Fsp3) is 0.667. The fourth-order valence-electron chi connectivity index (χ4n) is 1.35. The van der Waals surface area contributed by atoms with E-state index in [1.807, 2.05) is 6.08 Å². The molecule has 0 aromatic heterocycles. The molecule has 12 heavy (non-hydrogen) atoms. The van der Waals surface area contributed by atoms with E-state index in [1.54, 1.807) is 0 Å². The monoisotopic (exact) mass is 187 g/mol. The molecule has 2 nitrogen and oxygen atoms in total. The topological polar surface area (TPSA) is 32.6 Å². The predicted molar refractivity (Wildman–Crippen MR) is 50.9 cm³/mol. The maximum Gasteiger partial charge on any atom is 0.0978 e. The Balaban J connectivity index is 2.62. The first-order valence-electron chi connectivity index (χ1n) is 4.41. The van der Waals surface area contributed by atoms with Crippen molar-refractivity contribution in [2.45, 2.75) is 38.5 Å². The first kappa shape index (κ1) is 9.59. The molecule has 1 N–H and O–H groups in total. The Bertz CT molecular complexity index is 199. The molecule has 0 radical (unpaired) electrons. The predicted octanol–water partition coefficient (Wildman–Crippen LogP) is 3.29. The lowest BCUT2D eigenvalue weighted by Gasteiger charge is -1.99. The minimum absolute atomic E-state index is 0.624. The standard InChI is InChI=1S/C9H14ClNO/c10-8-6-4-2-1-3-5-7-9(8)11-12/h6,12H,1-5,7H2/b8-6+,11-9?. The van der Waals surface area contributed by atoms with Crippen LogP contribution in [0.4, 0.5) is 0 Å². The van der Waals surface area contributed by atoms with Crippen molar-refractivity contribution in [2.75, 3.05) is 0 Å². The average molecular weight is 188 g/mol. The van der Waals surface area contributed by atoms with E-state index >= 15 is 0 Å². The van der Waals surface area contributed by atoms with Gasteiger partial charge in [0.25, 0.3) is 0 Å². The summed E-state index contributed by atoms with van der Waals surface area (Å²) in [5.41, 5.74) is 0.638. The minimum Gasteiger partial charge on any atom is -0.411 e. The third kappa shape index (κ3) is 2.86. The van der Waals surface area contributed by atoms with E-state index in [-0.39, 0.29) is 0 Å². The summed E-state index contributed by atoms with van der Waals surface area (Å²) >= 11 is 5.90. The lowest BCUT2D eigenvalue weighted by atomic mass is 10.1. The highest BCUT2D eigenvalue weighted by atomic mass is 35.5. The van der Waals surface area contributed by atoms with Crippen molar-refractivity contribution in [2.24, 2.45) is 5.16 Å². The van der Waals surface area contributed by atoms with Crippen molar-refractivity contribution in [3.8, 4) is 0 Å². The number of oxime groups is 1. The fourth-order valence-corrected chi connectivity index (χ4v) is 1.60. The molecular weight excluding hydrogens is 174 g/mol. The number of hydrogen-bond acceptors (Lipinski definition) is 2. The van der Waals surface area contributed by atoms with Crippen molar-refractivity contribution in [3.05, 3.63) is 11.1 Å². The second-order valence-corrected chi connectivity index (χ2v) is 3.46. The van der Waals surface area contributed by atoms with E-state index in [1.165, 1.54) is 19.3 Å². The highest BCUT2D eigenvalue weighted by Crippen LogP contribution is 2.17. The molecule has 0 spiro atoms. The van der Waals surface area contributed by atoms with Crippen LogP contribution in [-0.2, 0) is 0 Å². The number of halogens is 1. The van der Waals surface area contributed by atoms with Crippen LogP contribution in [0.5, 0.6) is 0 Å². The van der Waals surface area contributed by atoms with Crippen LogP contribution in [0.15, 0.2) is 16.3 Å². The SMILES string of the molecule is ON=C1CCCCCC/C=C\1Cl. The molecule has 0 saturated heterocycles. The molecule has 0 aromatic carbocycles. The summed E-state index contributed by atoms with van der Waals surface area (Å²) in [6.45, 7) is 0. The normalized spacial score (nSPS) is 28.4. The van der Waals surface area contributed by atoms with Gasteiger partial charge < -0.3 is 5.21 Å².